The average Bonchev–Trinajstić information content (AvgIpc) is 2.01. The highest BCUT2D eigenvalue weighted by atomic mass is 79.9. The molecule has 0 aliphatic rings. The quantitative estimate of drug-likeness (QED) is 0.912. The van der Waals surface area contributed by atoms with Crippen molar-refractivity contribution in [2.45, 2.75) is 19.6 Å². The van der Waals surface area contributed by atoms with Gasteiger partial charge in [-0.15, -0.1) is 0 Å². The zero-order valence-corrected chi connectivity index (χ0v) is 9.09. The molecule has 0 unspecified atom stereocenters. The molecule has 0 fully saturated rings. The SMILES string of the molecule is C[C@@H](N)c1ccc(OC(F)F)cc1Br. The number of nitrogens with two attached hydrogens (primary N) is 1. The van der Waals surface area contributed by atoms with E-state index in [-0.39, 0.29) is 11.8 Å². The smallest absolute Gasteiger partial charge is 0.387 e. The van der Waals surface area contributed by atoms with Crippen molar-refractivity contribution in [1.82, 2.24) is 0 Å². The molecular weight excluding hydrogens is 256 g/mol. The lowest BCUT2D eigenvalue weighted by atomic mass is 10.1. The molecule has 14 heavy (non-hydrogen) atoms. The zero-order valence-electron chi connectivity index (χ0n) is 7.51. The van der Waals surface area contributed by atoms with Gasteiger partial charge in [0.15, 0.2) is 0 Å². The van der Waals surface area contributed by atoms with Gasteiger partial charge in [-0.25, -0.2) is 0 Å². The fourth-order valence-electron chi connectivity index (χ4n) is 1.05. The van der Waals surface area contributed by atoms with Gasteiger partial charge in [0, 0.05) is 10.5 Å². The minimum absolute atomic E-state index is 0.122. The normalized spacial score (nSPS) is 13.0. The van der Waals surface area contributed by atoms with Crippen molar-refractivity contribution in [3.05, 3.63) is 28.2 Å². The van der Waals surface area contributed by atoms with E-state index < -0.39 is 6.61 Å². The van der Waals surface area contributed by atoms with Crippen LogP contribution in [0, 0.1) is 0 Å². The zero-order chi connectivity index (χ0) is 10.7. The van der Waals surface area contributed by atoms with Crippen molar-refractivity contribution in [3.8, 4) is 5.75 Å². The number of ether oxygens (including phenoxy) is 1. The van der Waals surface area contributed by atoms with Crippen LogP contribution in [0.3, 0.4) is 0 Å². The third kappa shape index (κ3) is 2.92. The second kappa shape index (κ2) is 4.70. The minimum atomic E-state index is -2.80. The Hall–Kier alpha value is -0.680. The van der Waals surface area contributed by atoms with Crippen LogP contribution in [0.1, 0.15) is 18.5 Å². The van der Waals surface area contributed by atoms with Crippen LogP contribution >= 0.6 is 15.9 Å². The Morgan fingerprint density at radius 2 is 2.07 bits per heavy atom. The summed E-state index contributed by atoms with van der Waals surface area (Å²) >= 11 is 3.23. The molecule has 0 aromatic heterocycles. The van der Waals surface area contributed by atoms with Gasteiger partial charge in [-0.3, -0.25) is 0 Å². The fraction of sp³-hybridized carbons (Fsp3) is 0.333. The van der Waals surface area contributed by atoms with E-state index in [0.29, 0.717) is 4.47 Å². The molecule has 0 bridgehead atoms. The summed E-state index contributed by atoms with van der Waals surface area (Å²) in [6.45, 7) is -0.990. The van der Waals surface area contributed by atoms with Crippen LogP contribution in [0.15, 0.2) is 22.7 Å². The van der Waals surface area contributed by atoms with Gasteiger partial charge < -0.3 is 10.5 Å². The lowest BCUT2D eigenvalue weighted by Crippen LogP contribution is -2.07. The second-order valence-corrected chi connectivity index (χ2v) is 3.70. The first-order chi connectivity index (χ1) is 6.50. The predicted octanol–water partition coefficient (Wildman–Crippen LogP) is 3.07. The first-order valence-corrected chi connectivity index (χ1v) is 4.80. The van der Waals surface area contributed by atoms with Crippen LogP contribution in [0.2, 0.25) is 0 Å². The summed E-state index contributed by atoms with van der Waals surface area (Å²) in [5.74, 6) is 0.122. The number of halogens is 3. The first-order valence-electron chi connectivity index (χ1n) is 4.00. The Morgan fingerprint density at radius 1 is 1.43 bits per heavy atom. The van der Waals surface area contributed by atoms with Gasteiger partial charge in [0.2, 0.25) is 0 Å². The molecule has 0 heterocycles. The largest absolute Gasteiger partial charge is 0.435 e. The standard InChI is InChI=1S/C9H10BrF2NO/c1-5(13)7-3-2-6(4-8(7)10)14-9(11)12/h2-5,9H,13H2,1H3/t5-/m1/s1. The van der Waals surface area contributed by atoms with E-state index in [4.69, 9.17) is 5.73 Å². The van der Waals surface area contributed by atoms with E-state index in [2.05, 4.69) is 20.7 Å². The molecule has 5 heteroatoms. The minimum Gasteiger partial charge on any atom is -0.435 e. The van der Waals surface area contributed by atoms with Crippen LogP contribution < -0.4 is 10.5 Å². The van der Waals surface area contributed by atoms with Gasteiger partial charge in [-0.05, 0) is 24.6 Å². The molecule has 78 valence electrons. The monoisotopic (exact) mass is 265 g/mol. The van der Waals surface area contributed by atoms with Crippen LogP contribution in [-0.4, -0.2) is 6.61 Å². The van der Waals surface area contributed by atoms with E-state index in [0.717, 1.165) is 5.56 Å². The molecule has 1 aromatic rings. The molecule has 2 N–H and O–H groups in total. The van der Waals surface area contributed by atoms with Crippen molar-refractivity contribution in [1.29, 1.82) is 0 Å². The van der Waals surface area contributed by atoms with Gasteiger partial charge in [-0.1, -0.05) is 22.0 Å². The summed E-state index contributed by atoms with van der Waals surface area (Å²) < 4.78 is 28.6. The highest BCUT2D eigenvalue weighted by molar-refractivity contribution is 9.10. The van der Waals surface area contributed by atoms with E-state index >= 15 is 0 Å². The fourth-order valence-corrected chi connectivity index (χ4v) is 1.77. The van der Waals surface area contributed by atoms with Crippen LogP contribution in [0.25, 0.3) is 0 Å². The number of alkyl halides is 2. The van der Waals surface area contributed by atoms with E-state index in [1.54, 1.807) is 6.07 Å². The molecule has 2 nitrogen and oxygen atoms in total. The molecule has 0 aliphatic heterocycles. The predicted molar refractivity (Wildman–Crippen MR) is 53.4 cm³/mol. The maximum atomic E-state index is 11.8. The summed E-state index contributed by atoms with van der Waals surface area (Å²) in [5, 5.41) is 0. The van der Waals surface area contributed by atoms with Crippen LogP contribution in [0.4, 0.5) is 8.78 Å². The van der Waals surface area contributed by atoms with Crippen LogP contribution in [0.5, 0.6) is 5.75 Å². The number of hydrogen-bond donors (Lipinski definition) is 1. The van der Waals surface area contributed by atoms with Crippen molar-refractivity contribution in [2.75, 3.05) is 0 Å². The molecule has 0 spiro atoms. The molecule has 1 aromatic carbocycles. The Balaban J connectivity index is 2.89. The van der Waals surface area contributed by atoms with E-state index in [1.165, 1.54) is 12.1 Å². The van der Waals surface area contributed by atoms with Crippen molar-refractivity contribution in [2.24, 2.45) is 5.73 Å². The summed E-state index contributed by atoms with van der Waals surface area (Å²) in [6, 6.07) is 4.46. The lowest BCUT2D eigenvalue weighted by molar-refractivity contribution is -0.0498. The average molecular weight is 266 g/mol. The van der Waals surface area contributed by atoms with Gasteiger partial charge >= 0.3 is 6.61 Å². The highest BCUT2D eigenvalue weighted by Gasteiger charge is 2.08. The molecule has 0 radical (unpaired) electrons. The molecule has 0 saturated heterocycles. The highest BCUT2D eigenvalue weighted by Crippen LogP contribution is 2.27. The number of hydrogen-bond acceptors (Lipinski definition) is 2. The Bertz CT molecular complexity index is 318. The van der Waals surface area contributed by atoms with E-state index in [1.807, 2.05) is 6.92 Å². The topological polar surface area (TPSA) is 35.2 Å². The molecule has 1 rings (SSSR count). The van der Waals surface area contributed by atoms with Gasteiger partial charge in [0.05, 0.1) is 0 Å². The Kier molecular flexibility index (Phi) is 3.83. The summed E-state index contributed by atoms with van der Waals surface area (Å²) in [4.78, 5) is 0. The Labute approximate surface area is 89.2 Å². The van der Waals surface area contributed by atoms with Gasteiger partial charge in [0.25, 0.3) is 0 Å². The first kappa shape index (κ1) is 11.4. The summed E-state index contributed by atoms with van der Waals surface area (Å²) in [7, 11) is 0. The molecule has 0 amide bonds. The second-order valence-electron chi connectivity index (χ2n) is 2.85. The molecule has 0 aliphatic carbocycles. The molecular formula is C9H10BrF2NO. The lowest BCUT2D eigenvalue weighted by Gasteiger charge is -2.10. The van der Waals surface area contributed by atoms with Crippen molar-refractivity contribution in [3.63, 3.8) is 0 Å². The van der Waals surface area contributed by atoms with Crippen molar-refractivity contribution < 1.29 is 13.5 Å². The van der Waals surface area contributed by atoms with Crippen LogP contribution in [-0.2, 0) is 0 Å². The summed E-state index contributed by atoms with van der Waals surface area (Å²) in [5.41, 5.74) is 6.50. The number of benzene rings is 1. The molecule has 0 saturated carbocycles. The maximum absolute atomic E-state index is 11.8. The molecule has 1 atom stereocenters. The Morgan fingerprint density at radius 3 is 2.50 bits per heavy atom. The number of rotatable bonds is 3. The third-order valence-corrected chi connectivity index (χ3v) is 2.37. The van der Waals surface area contributed by atoms with Gasteiger partial charge in [-0.2, -0.15) is 8.78 Å². The summed E-state index contributed by atoms with van der Waals surface area (Å²) in [6.07, 6.45) is 0. The van der Waals surface area contributed by atoms with Crippen molar-refractivity contribution >= 4 is 15.9 Å². The third-order valence-electron chi connectivity index (χ3n) is 1.69. The maximum Gasteiger partial charge on any atom is 0.387 e. The van der Waals surface area contributed by atoms with Gasteiger partial charge in [0.1, 0.15) is 5.75 Å². The van der Waals surface area contributed by atoms with E-state index in [9.17, 15) is 8.78 Å².